The van der Waals surface area contributed by atoms with Crippen LogP contribution < -0.4 is 15.0 Å². The summed E-state index contributed by atoms with van der Waals surface area (Å²) in [4.78, 5) is 18.8. The fourth-order valence-corrected chi connectivity index (χ4v) is 6.75. The zero-order valence-electron chi connectivity index (χ0n) is 23.3. The fraction of sp³-hybridized carbons (Fsp3) is 0.375. The number of ether oxygens (including phenoxy) is 1. The van der Waals surface area contributed by atoms with Gasteiger partial charge in [-0.15, -0.1) is 6.42 Å². The Morgan fingerprint density at radius 1 is 1.12 bits per heavy atom. The van der Waals surface area contributed by atoms with Gasteiger partial charge >= 0.3 is 6.01 Å². The first-order valence-electron chi connectivity index (χ1n) is 14.3. The number of halogens is 1. The molecule has 3 aliphatic rings. The highest BCUT2D eigenvalue weighted by atomic mass is 19.1. The minimum Gasteiger partial charge on any atom is -0.508 e. The third-order valence-corrected chi connectivity index (χ3v) is 8.86. The van der Waals surface area contributed by atoms with Crippen LogP contribution >= 0.6 is 0 Å². The maximum Gasteiger partial charge on any atom is 0.319 e. The van der Waals surface area contributed by atoms with Gasteiger partial charge in [-0.2, -0.15) is 15.2 Å². The predicted molar refractivity (Wildman–Crippen MR) is 158 cm³/mol. The Balaban J connectivity index is 1.42. The Morgan fingerprint density at radius 2 is 1.93 bits per heavy atom. The number of nitrogens with zero attached hydrogens (tertiary/aromatic N) is 6. The number of anilines is 1. The van der Waals surface area contributed by atoms with Gasteiger partial charge in [0.25, 0.3) is 0 Å². The summed E-state index contributed by atoms with van der Waals surface area (Å²) in [6, 6.07) is 9.31. The Labute approximate surface area is 243 Å². The van der Waals surface area contributed by atoms with E-state index in [9.17, 15) is 14.8 Å². The molecule has 0 aliphatic carbocycles. The number of terminal acetylenes is 1. The first-order valence-corrected chi connectivity index (χ1v) is 14.3. The zero-order valence-corrected chi connectivity index (χ0v) is 23.3. The number of aromatic hydroxyl groups is 1. The third kappa shape index (κ3) is 4.44. The van der Waals surface area contributed by atoms with E-state index >= 15 is 0 Å². The normalized spacial score (nSPS) is 22.0. The molecule has 3 atom stereocenters. The van der Waals surface area contributed by atoms with Crippen LogP contribution in [0.15, 0.2) is 30.5 Å². The molecule has 0 amide bonds. The van der Waals surface area contributed by atoms with E-state index in [1.165, 1.54) is 18.2 Å². The quantitative estimate of drug-likeness (QED) is 0.349. The van der Waals surface area contributed by atoms with Crippen LogP contribution in [0.1, 0.15) is 36.8 Å². The van der Waals surface area contributed by atoms with Gasteiger partial charge in [0.2, 0.25) is 0 Å². The lowest BCUT2D eigenvalue weighted by Gasteiger charge is -2.34. The van der Waals surface area contributed by atoms with Gasteiger partial charge in [-0.3, -0.25) is 0 Å². The van der Waals surface area contributed by atoms with E-state index in [1.54, 1.807) is 12.3 Å². The van der Waals surface area contributed by atoms with E-state index in [1.807, 2.05) is 0 Å². The van der Waals surface area contributed by atoms with Crippen molar-refractivity contribution >= 4 is 27.6 Å². The highest BCUT2D eigenvalue weighted by Crippen LogP contribution is 2.40. The van der Waals surface area contributed by atoms with Crippen molar-refractivity contribution in [2.75, 3.05) is 38.2 Å². The molecule has 42 heavy (non-hydrogen) atoms. The number of benzene rings is 2. The highest BCUT2D eigenvalue weighted by Gasteiger charge is 2.34. The average Bonchev–Trinajstić information content (AvgIpc) is 3.57. The third-order valence-electron chi connectivity index (χ3n) is 8.86. The number of phenolic OH excluding ortho intramolecular Hbond substituents is 1. The van der Waals surface area contributed by atoms with Crippen molar-refractivity contribution in [3.8, 4) is 41.3 Å². The standard InChI is InChI=1S/C32H30FN7O2/c1-3-23-27(33)9-6-18-11-22(41)12-24(28(18)23)26-14-35-30-29(25(26)13-34)37-32(42-17-21-5-4-10-39(21)2)38-31(30)40-15-19-7-8-20(16-40)36-19/h1,6,9,11-12,14,19-21,36,41H,4-5,7-8,10,15-17H2,2H3. The molecule has 9 nitrogen and oxygen atoms in total. The number of phenols is 1. The minimum atomic E-state index is -0.560. The van der Waals surface area contributed by atoms with Gasteiger partial charge < -0.3 is 25.0 Å². The molecule has 7 rings (SSSR count). The van der Waals surface area contributed by atoms with Crippen LogP contribution in [0.3, 0.4) is 0 Å². The molecule has 3 saturated heterocycles. The molecule has 212 valence electrons. The molecule has 3 aliphatic heterocycles. The smallest absolute Gasteiger partial charge is 0.319 e. The Hall–Kier alpha value is -4.51. The number of pyridine rings is 1. The molecular weight excluding hydrogens is 533 g/mol. The van der Waals surface area contributed by atoms with Crippen molar-refractivity contribution in [3.63, 3.8) is 0 Å². The topological polar surface area (TPSA) is 110 Å². The van der Waals surface area contributed by atoms with E-state index in [-0.39, 0.29) is 28.9 Å². The SMILES string of the molecule is C#Cc1c(F)ccc2cc(O)cc(-c3cnc4c(N5CC6CCC(C5)N6)nc(OCC5CCCN5C)nc4c3C#N)c12. The number of hydrogen-bond acceptors (Lipinski definition) is 9. The molecule has 4 aromatic rings. The summed E-state index contributed by atoms with van der Waals surface area (Å²) in [5.41, 5.74) is 1.91. The van der Waals surface area contributed by atoms with E-state index in [0.717, 1.165) is 45.3 Å². The van der Waals surface area contributed by atoms with Crippen molar-refractivity contribution in [1.82, 2.24) is 25.2 Å². The highest BCUT2D eigenvalue weighted by molar-refractivity contribution is 6.05. The second-order valence-electron chi connectivity index (χ2n) is 11.5. The minimum absolute atomic E-state index is 0.0413. The number of fused-ring (bicyclic) bond motifs is 4. The second-order valence-corrected chi connectivity index (χ2v) is 11.5. The van der Waals surface area contributed by atoms with Crippen LogP contribution in [0.2, 0.25) is 0 Å². The van der Waals surface area contributed by atoms with Gasteiger partial charge in [-0.05, 0) is 68.4 Å². The number of nitrogens with one attached hydrogen (secondary N) is 1. The molecule has 0 saturated carbocycles. The van der Waals surface area contributed by atoms with Gasteiger partial charge in [0.1, 0.15) is 35.3 Å². The summed E-state index contributed by atoms with van der Waals surface area (Å²) in [5.74, 6) is 2.47. The Bertz CT molecular complexity index is 1800. The molecule has 10 heteroatoms. The zero-order chi connectivity index (χ0) is 29.0. The molecule has 3 fully saturated rings. The molecule has 0 spiro atoms. The van der Waals surface area contributed by atoms with E-state index in [0.29, 0.717) is 57.4 Å². The summed E-state index contributed by atoms with van der Waals surface area (Å²) in [5, 5.41) is 25.7. The molecule has 0 radical (unpaired) electrons. The van der Waals surface area contributed by atoms with Gasteiger partial charge in [0.05, 0.1) is 11.1 Å². The molecule has 5 heterocycles. The van der Waals surface area contributed by atoms with Crippen LogP contribution in [0.4, 0.5) is 10.2 Å². The second kappa shape index (κ2) is 10.4. The monoisotopic (exact) mass is 563 g/mol. The molecule has 2 aromatic carbocycles. The van der Waals surface area contributed by atoms with E-state index in [2.05, 4.69) is 34.2 Å². The van der Waals surface area contributed by atoms with Crippen molar-refractivity contribution in [2.24, 2.45) is 0 Å². The predicted octanol–water partition coefficient (Wildman–Crippen LogP) is 3.96. The summed E-state index contributed by atoms with van der Waals surface area (Å²) >= 11 is 0. The summed E-state index contributed by atoms with van der Waals surface area (Å²) < 4.78 is 21.0. The summed E-state index contributed by atoms with van der Waals surface area (Å²) in [6.45, 7) is 2.98. The van der Waals surface area contributed by atoms with Crippen molar-refractivity contribution in [1.29, 1.82) is 5.26 Å². The van der Waals surface area contributed by atoms with Crippen molar-refractivity contribution in [3.05, 3.63) is 47.4 Å². The Morgan fingerprint density at radius 3 is 2.64 bits per heavy atom. The number of aromatic nitrogens is 3. The van der Waals surface area contributed by atoms with Crippen LogP contribution in [0.25, 0.3) is 32.9 Å². The molecule has 3 unspecified atom stereocenters. The van der Waals surface area contributed by atoms with Gasteiger partial charge in [0.15, 0.2) is 5.82 Å². The van der Waals surface area contributed by atoms with Crippen LogP contribution in [-0.2, 0) is 0 Å². The first-order chi connectivity index (χ1) is 20.4. The molecular formula is C32H30FN7O2. The molecule has 2 bridgehead atoms. The first kappa shape index (κ1) is 26.4. The lowest BCUT2D eigenvalue weighted by Crippen LogP contribution is -2.51. The Kier molecular flexibility index (Phi) is 6.53. The van der Waals surface area contributed by atoms with Gasteiger partial charge in [-0.25, -0.2) is 9.37 Å². The van der Waals surface area contributed by atoms with Crippen LogP contribution in [0.5, 0.6) is 11.8 Å². The van der Waals surface area contributed by atoms with E-state index < -0.39 is 5.82 Å². The van der Waals surface area contributed by atoms with E-state index in [4.69, 9.17) is 26.1 Å². The number of rotatable bonds is 5. The average molecular weight is 564 g/mol. The van der Waals surface area contributed by atoms with Gasteiger partial charge in [-0.1, -0.05) is 12.0 Å². The van der Waals surface area contributed by atoms with Crippen LogP contribution in [-0.4, -0.2) is 76.4 Å². The fourth-order valence-electron chi connectivity index (χ4n) is 6.75. The number of hydrogen-bond donors (Lipinski definition) is 2. The lowest BCUT2D eigenvalue weighted by molar-refractivity contribution is 0.188. The number of piperazine rings is 1. The van der Waals surface area contributed by atoms with Gasteiger partial charge in [0, 0.05) is 48.4 Å². The largest absolute Gasteiger partial charge is 0.508 e. The number of nitriles is 1. The maximum absolute atomic E-state index is 14.8. The van der Waals surface area contributed by atoms with Crippen LogP contribution in [0, 0.1) is 29.5 Å². The molecule has 2 aromatic heterocycles. The lowest BCUT2D eigenvalue weighted by atomic mass is 9.92. The molecule has 2 N–H and O–H groups in total. The summed E-state index contributed by atoms with van der Waals surface area (Å²) in [7, 11) is 2.08. The maximum atomic E-state index is 14.8. The number of likely N-dealkylation sites (N-methyl/N-ethyl adjacent to an activating group) is 1. The van der Waals surface area contributed by atoms with Crippen molar-refractivity contribution in [2.45, 2.75) is 43.8 Å². The number of likely N-dealkylation sites (tertiary alicyclic amines) is 1. The summed E-state index contributed by atoms with van der Waals surface area (Å²) in [6.07, 6.45) is 11.6. The van der Waals surface area contributed by atoms with Crippen molar-refractivity contribution < 1.29 is 14.2 Å².